The first kappa shape index (κ1) is 18.7. The van der Waals surface area contributed by atoms with Crippen molar-refractivity contribution in [2.24, 2.45) is 0 Å². The number of anilines is 1. The number of nitrogens with one attached hydrogen (secondary N) is 2. The summed E-state index contributed by atoms with van der Waals surface area (Å²) >= 11 is 1.27. The van der Waals surface area contributed by atoms with Crippen molar-refractivity contribution < 1.29 is 14.0 Å². The summed E-state index contributed by atoms with van der Waals surface area (Å²) in [5.74, 6) is -0.705. The number of amides is 2. The lowest BCUT2D eigenvalue weighted by Crippen LogP contribution is -2.28. The number of hydrogen-bond donors (Lipinski definition) is 2. The number of benzene rings is 2. The van der Waals surface area contributed by atoms with E-state index in [1.54, 1.807) is 17.5 Å². The summed E-state index contributed by atoms with van der Waals surface area (Å²) in [7, 11) is 0. The van der Waals surface area contributed by atoms with Gasteiger partial charge < -0.3 is 10.6 Å². The summed E-state index contributed by atoms with van der Waals surface area (Å²) < 4.78 is 13.3. The third-order valence-corrected chi connectivity index (χ3v) is 4.51. The molecule has 0 aliphatic heterocycles. The van der Waals surface area contributed by atoms with E-state index >= 15 is 0 Å². The molecular weight excluding hydrogens is 365 g/mol. The second kappa shape index (κ2) is 9.05. The average molecular weight is 383 g/mol. The van der Waals surface area contributed by atoms with Crippen molar-refractivity contribution in [2.45, 2.75) is 12.8 Å². The Labute approximate surface area is 160 Å². The fourth-order valence-corrected chi connectivity index (χ4v) is 3.19. The van der Waals surface area contributed by atoms with Gasteiger partial charge in [-0.3, -0.25) is 9.59 Å². The summed E-state index contributed by atoms with van der Waals surface area (Å²) in [6.45, 7) is 0.250. The van der Waals surface area contributed by atoms with Crippen LogP contribution in [0.4, 0.5) is 9.52 Å². The van der Waals surface area contributed by atoms with E-state index in [9.17, 15) is 14.0 Å². The van der Waals surface area contributed by atoms with Crippen LogP contribution >= 0.6 is 11.3 Å². The molecule has 0 saturated carbocycles. The molecular formula is C20H18FN3O2S. The van der Waals surface area contributed by atoms with E-state index in [-0.39, 0.29) is 37.0 Å². The first-order valence-electron chi connectivity index (χ1n) is 8.42. The molecule has 0 unspecified atom stereocenters. The summed E-state index contributed by atoms with van der Waals surface area (Å²) in [5, 5.41) is 7.62. The van der Waals surface area contributed by atoms with Gasteiger partial charge in [0.05, 0.1) is 12.1 Å². The van der Waals surface area contributed by atoms with Crippen LogP contribution in [0.25, 0.3) is 11.3 Å². The second-order valence-corrected chi connectivity index (χ2v) is 6.72. The molecule has 27 heavy (non-hydrogen) atoms. The van der Waals surface area contributed by atoms with Crippen LogP contribution in [-0.2, 0) is 16.0 Å². The minimum Gasteiger partial charge on any atom is -0.355 e. The lowest BCUT2D eigenvalue weighted by atomic mass is 10.1. The Morgan fingerprint density at radius 2 is 1.85 bits per heavy atom. The quantitative estimate of drug-likeness (QED) is 0.654. The number of aromatic nitrogens is 1. The Bertz CT molecular complexity index is 928. The molecule has 2 N–H and O–H groups in total. The topological polar surface area (TPSA) is 71.1 Å². The summed E-state index contributed by atoms with van der Waals surface area (Å²) in [4.78, 5) is 28.1. The number of hydrogen-bond acceptors (Lipinski definition) is 4. The van der Waals surface area contributed by atoms with E-state index in [1.807, 2.05) is 30.3 Å². The van der Waals surface area contributed by atoms with Gasteiger partial charge in [-0.2, -0.15) is 0 Å². The van der Waals surface area contributed by atoms with Gasteiger partial charge in [0.2, 0.25) is 11.8 Å². The molecule has 0 spiro atoms. The molecule has 0 fully saturated rings. The Hall–Kier alpha value is -3.06. The van der Waals surface area contributed by atoms with Crippen LogP contribution in [0.1, 0.15) is 12.0 Å². The lowest BCUT2D eigenvalue weighted by molar-refractivity contribution is -0.120. The highest BCUT2D eigenvalue weighted by molar-refractivity contribution is 7.14. The molecule has 5 nitrogen and oxygen atoms in total. The van der Waals surface area contributed by atoms with Crippen molar-refractivity contribution in [1.29, 1.82) is 0 Å². The molecule has 3 rings (SSSR count). The maximum absolute atomic E-state index is 13.3. The number of rotatable bonds is 7. The monoisotopic (exact) mass is 383 g/mol. The number of thiazole rings is 1. The fraction of sp³-hybridized carbons (Fsp3) is 0.150. The van der Waals surface area contributed by atoms with E-state index < -0.39 is 0 Å². The van der Waals surface area contributed by atoms with Gasteiger partial charge in [-0.15, -0.1) is 11.3 Å². The molecule has 0 saturated heterocycles. The van der Waals surface area contributed by atoms with Crippen LogP contribution in [-0.4, -0.2) is 23.3 Å². The highest BCUT2D eigenvalue weighted by Crippen LogP contribution is 2.25. The number of carbonyl (C=O) groups is 2. The van der Waals surface area contributed by atoms with Crippen LogP contribution in [0.3, 0.4) is 0 Å². The summed E-state index contributed by atoms with van der Waals surface area (Å²) in [6.07, 6.45) is 0.432. The Balaban J connectivity index is 1.44. The van der Waals surface area contributed by atoms with Gasteiger partial charge in [0.1, 0.15) is 5.82 Å². The minimum absolute atomic E-state index is 0.128. The maximum Gasteiger partial charge on any atom is 0.227 e. The lowest BCUT2D eigenvalue weighted by Gasteiger charge is -2.05. The average Bonchev–Trinajstić information content (AvgIpc) is 3.11. The fourth-order valence-electron chi connectivity index (χ4n) is 2.45. The zero-order chi connectivity index (χ0) is 19.1. The van der Waals surface area contributed by atoms with Crippen molar-refractivity contribution >= 4 is 28.3 Å². The normalized spacial score (nSPS) is 10.4. The molecule has 1 heterocycles. The Kier molecular flexibility index (Phi) is 6.27. The van der Waals surface area contributed by atoms with E-state index in [0.29, 0.717) is 16.4 Å². The van der Waals surface area contributed by atoms with Gasteiger partial charge in [-0.1, -0.05) is 42.5 Å². The highest BCUT2D eigenvalue weighted by Gasteiger charge is 2.09. The van der Waals surface area contributed by atoms with Crippen molar-refractivity contribution in [1.82, 2.24) is 10.3 Å². The van der Waals surface area contributed by atoms with Crippen LogP contribution in [0.2, 0.25) is 0 Å². The largest absolute Gasteiger partial charge is 0.355 e. The predicted molar refractivity (Wildman–Crippen MR) is 104 cm³/mol. The van der Waals surface area contributed by atoms with Gasteiger partial charge in [0.25, 0.3) is 0 Å². The zero-order valence-corrected chi connectivity index (χ0v) is 15.3. The van der Waals surface area contributed by atoms with Crippen LogP contribution < -0.4 is 10.6 Å². The number of carbonyl (C=O) groups excluding carboxylic acids is 2. The van der Waals surface area contributed by atoms with Crippen molar-refractivity contribution in [3.63, 3.8) is 0 Å². The molecule has 138 valence electrons. The first-order valence-corrected chi connectivity index (χ1v) is 9.30. The predicted octanol–water partition coefficient (Wildman–Crippen LogP) is 3.64. The highest BCUT2D eigenvalue weighted by atomic mass is 32.1. The van der Waals surface area contributed by atoms with Gasteiger partial charge in [0, 0.05) is 23.9 Å². The van der Waals surface area contributed by atoms with E-state index in [0.717, 1.165) is 5.56 Å². The molecule has 0 atom stereocenters. The third-order valence-electron chi connectivity index (χ3n) is 3.75. The van der Waals surface area contributed by atoms with E-state index in [4.69, 9.17) is 0 Å². The van der Waals surface area contributed by atoms with Crippen LogP contribution in [0, 0.1) is 5.82 Å². The molecule has 0 bridgehead atoms. The molecule has 1 aromatic heterocycles. The molecule has 0 aliphatic rings. The molecule has 0 radical (unpaired) electrons. The van der Waals surface area contributed by atoms with Gasteiger partial charge in [-0.05, 0) is 17.7 Å². The first-order chi connectivity index (χ1) is 13.1. The Morgan fingerprint density at radius 1 is 1.04 bits per heavy atom. The SMILES string of the molecule is O=C(Cc1ccccc1)NCCC(=O)Nc1nc(-c2cccc(F)c2)cs1. The Morgan fingerprint density at radius 3 is 2.63 bits per heavy atom. The molecule has 2 aromatic carbocycles. The third kappa shape index (κ3) is 5.72. The second-order valence-electron chi connectivity index (χ2n) is 5.86. The molecule has 3 aromatic rings. The molecule has 7 heteroatoms. The van der Waals surface area contributed by atoms with E-state index in [2.05, 4.69) is 15.6 Å². The minimum atomic E-state index is -0.336. The number of halogens is 1. The molecule has 0 aliphatic carbocycles. The maximum atomic E-state index is 13.3. The van der Waals surface area contributed by atoms with Gasteiger partial charge >= 0.3 is 0 Å². The van der Waals surface area contributed by atoms with Crippen LogP contribution in [0.15, 0.2) is 60.0 Å². The molecule has 2 amide bonds. The summed E-state index contributed by atoms with van der Waals surface area (Å²) in [5.41, 5.74) is 2.18. The van der Waals surface area contributed by atoms with Crippen LogP contribution in [0.5, 0.6) is 0 Å². The van der Waals surface area contributed by atoms with Crippen molar-refractivity contribution in [2.75, 3.05) is 11.9 Å². The van der Waals surface area contributed by atoms with Gasteiger partial charge in [0.15, 0.2) is 5.13 Å². The number of nitrogens with zero attached hydrogens (tertiary/aromatic N) is 1. The zero-order valence-electron chi connectivity index (χ0n) is 14.4. The van der Waals surface area contributed by atoms with Gasteiger partial charge in [-0.25, -0.2) is 9.37 Å². The van der Waals surface area contributed by atoms with Crippen molar-refractivity contribution in [3.8, 4) is 11.3 Å². The summed E-state index contributed by atoms with van der Waals surface area (Å²) in [6, 6.07) is 15.5. The standard InChI is InChI=1S/C20H18FN3O2S/c21-16-8-4-7-15(12-16)17-13-27-20(23-17)24-18(25)9-10-22-19(26)11-14-5-2-1-3-6-14/h1-8,12-13H,9-11H2,(H,22,26)(H,23,24,25). The van der Waals surface area contributed by atoms with E-state index in [1.165, 1.54) is 23.5 Å². The van der Waals surface area contributed by atoms with Crippen molar-refractivity contribution in [3.05, 3.63) is 71.4 Å². The smallest absolute Gasteiger partial charge is 0.227 e.